The SMILES string of the molecule is CCc1cccc(B(O)c2cccs2)c1. The molecule has 15 heavy (non-hydrogen) atoms. The first kappa shape index (κ1) is 10.5. The minimum Gasteiger partial charge on any atom is -0.442 e. The molecule has 1 aromatic heterocycles. The van der Waals surface area contributed by atoms with Crippen molar-refractivity contribution in [3.8, 4) is 0 Å². The largest absolute Gasteiger partial charge is 0.442 e. The van der Waals surface area contributed by atoms with Crippen molar-refractivity contribution in [3.05, 3.63) is 47.3 Å². The second-order valence-electron chi connectivity index (χ2n) is 3.52. The van der Waals surface area contributed by atoms with Gasteiger partial charge >= 0.3 is 6.92 Å². The summed E-state index contributed by atoms with van der Waals surface area (Å²) in [5, 5.41) is 12.1. The van der Waals surface area contributed by atoms with Gasteiger partial charge in [0, 0.05) is 4.78 Å². The van der Waals surface area contributed by atoms with Crippen LogP contribution in [0.1, 0.15) is 12.5 Å². The van der Waals surface area contributed by atoms with Gasteiger partial charge in [0.2, 0.25) is 0 Å². The summed E-state index contributed by atoms with van der Waals surface area (Å²) in [6, 6.07) is 12.1. The molecule has 76 valence electrons. The molecule has 1 heterocycles. The second kappa shape index (κ2) is 4.64. The van der Waals surface area contributed by atoms with Crippen LogP contribution in [0.5, 0.6) is 0 Å². The first-order valence-corrected chi connectivity index (χ1v) is 5.99. The zero-order valence-electron chi connectivity index (χ0n) is 8.68. The average Bonchev–Trinajstić information content (AvgIpc) is 2.81. The van der Waals surface area contributed by atoms with Gasteiger partial charge in [0.15, 0.2) is 0 Å². The van der Waals surface area contributed by atoms with E-state index in [1.165, 1.54) is 5.56 Å². The molecule has 1 nitrogen and oxygen atoms in total. The maximum absolute atomic E-state index is 10.1. The minimum atomic E-state index is -0.475. The second-order valence-corrected chi connectivity index (χ2v) is 4.50. The van der Waals surface area contributed by atoms with Crippen LogP contribution in [0, 0.1) is 0 Å². The fraction of sp³-hybridized carbons (Fsp3) is 0.167. The van der Waals surface area contributed by atoms with E-state index in [1.54, 1.807) is 11.3 Å². The molecule has 0 fully saturated rings. The Kier molecular flexibility index (Phi) is 3.24. The van der Waals surface area contributed by atoms with E-state index in [2.05, 4.69) is 19.1 Å². The van der Waals surface area contributed by atoms with E-state index in [4.69, 9.17) is 0 Å². The van der Waals surface area contributed by atoms with Gasteiger partial charge in [-0.05, 0) is 22.8 Å². The molecule has 0 bridgehead atoms. The highest BCUT2D eigenvalue weighted by atomic mass is 32.1. The topological polar surface area (TPSA) is 20.2 Å². The predicted octanol–water partition coefficient (Wildman–Crippen LogP) is 1.41. The molecule has 0 saturated heterocycles. The van der Waals surface area contributed by atoms with Crippen LogP contribution in [-0.2, 0) is 6.42 Å². The van der Waals surface area contributed by atoms with Gasteiger partial charge in [-0.25, -0.2) is 0 Å². The lowest BCUT2D eigenvalue weighted by atomic mass is 9.60. The van der Waals surface area contributed by atoms with E-state index in [9.17, 15) is 5.02 Å². The fourth-order valence-electron chi connectivity index (χ4n) is 1.59. The average molecular weight is 216 g/mol. The molecular formula is C12H13BOS. The maximum atomic E-state index is 10.1. The molecule has 0 saturated carbocycles. The molecule has 0 aliphatic carbocycles. The third kappa shape index (κ3) is 2.30. The molecule has 1 aromatic carbocycles. The molecule has 0 spiro atoms. The van der Waals surface area contributed by atoms with Crippen molar-refractivity contribution >= 4 is 28.5 Å². The highest BCUT2D eigenvalue weighted by Crippen LogP contribution is 2.00. The Morgan fingerprint density at radius 3 is 2.80 bits per heavy atom. The van der Waals surface area contributed by atoms with E-state index in [-0.39, 0.29) is 0 Å². The summed E-state index contributed by atoms with van der Waals surface area (Å²) in [6.45, 7) is 1.65. The maximum Gasteiger partial charge on any atom is 0.369 e. The zero-order valence-corrected chi connectivity index (χ0v) is 9.50. The van der Waals surface area contributed by atoms with Gasteiger partial charge < -0.3 is 5.02 Å². The quantitative estimate of drug-likeness (QED) is 0.769. The Hall–Kier alpha value is -1.06. The van der Waals surface area contributed by atoms with Gasteiger partial charge in [-0.1, -0.05) is 43.3 Å². The monoisotopic (exact) mass is 216 g/mol. The predicted molar refractivity (Wildman–Crippen MR) is 67.4 cm³/mol. The third-order valence-electron chi connectivity index (χ3n) is 2.49. The molecule has 0 atom stereocenters. The lowest BCUT2D eigenvalue weighted by molar-refractivity contribution is 0.601. The standard InChI is InChI=1S/C12H13BOS/c1-2-10-5-3-6-11(9-10)13(14)12-7-4-8-15-12/h3-9,14H,2H2,1H3. The van der Waals surface area contributed by atoms with Crippen molar-refractivity contribution in [2.75, 3.05) is 0 Å². The van der Waals surface area contributed by atoms with E-state index >= 15 is 0 Å². The number of benzene rings is 1. The van der Waals surface area contributed by atoms with E-state index in [1.807, 2.05) is 29.6 Å². The van der Waals surface area contributed by atoms with Crippen molar-refractivity contribution in [1.82, 2.24) is 0 Å². The number of thiophene rings is 1. The normalized spacial score (nSPS) is 10.3. The fourth-order valence-corrected chi connectivity index (χ4v) is 2.33. The van der Waals surface area contributed by atoms with Crippen LogP contribution in [0.2, 0.25) is 0 Å². The van der Waals surface area contributed by atoms with Gasteiger partial charge in [-0.3, -0.25) is 0 Å². The van der Waals surface area contributed by atoms with Crippen LogP contribution in [0.3, 0.4) is 0 Å². The van der Waals surface area contributed by atoms with Crippen molar-refractivity contribution in [2.24, 2.45) is 0 Å². The molecule has 0 unspecified atom stereocenters. The van der Waals surface area contributed by atoms with Crippen LogP contribution < -0.4 is 10.2 Å². The molecule has 2 rings (SSSR count). The molecule has 3 heteroatoms. The first-order valence-electron chi connectivity index (χ1n) is 5.11. The summed E-state index contributed by atoms with van der Waals surface area (Å²) in [6.07, 6.45) is 1.00. The highest BCUT2D eigenvalue weighted by Gasteiger charge is 2.17. The smallest absolute Gasteiger partial charge is 0.369 e. The van der Waals surface area contributed by atoms with Gasteiger partial charge in [0.1, 0.15) is 0 Å². The number of hydrogen-bond donors (Lipinski definition) is 1. The molecule has 0 amide bonds. The van der Waals surface area contributed by atoms with Crippen LogP contribution in [0.25, 0.3) is 0 Å². The molecule has 2 aromatic rings. The van der Waals surface area contributed by atoms with Crippen molar-refractivity contribution in [2.45, 2.75) is 13.3 Å². The molecule has 0 aliphatic rings. The number of hydrogen-bond acceptors (Lipinski definition) is 2. The Morgan fingerprint density at radius 2 is 2.13 bits per heavy atom. The van der Waals surface area contributed by atoms with Gasteiger partial charge in [0.05, 0.1) is 0 Å². The van der Waals surface area contributed by atoms with Crippen LogP contribution in [0.4, 0.5) is 0 Å². The first-order chi connectivity index (χ1) is 7.31. The van der Waals surface area contributed by atoms with E-state index < -0.39 is 6.92 Å². The Bertz CT molecular complexity index is 425. The van der Waals surface area contributed by atoms with Crippen molar-refractivity contribution in [3.63, 3.8) is 0 Å². The van der Waals surface area contributed by atoms with Crippen LogP contribution in [0.15, 0.2) is 41.8 Å². The Labute approximate surface area is 94.5 Å². The lowest BCUT2D eigenvalue weighted by Gasteiger charge is -2.06. The minimum absolute atomic E-state index is 0.475. The van der Waals surface area contributed by atoms with Gasteiger partial charge in [-0.2, -0.15) is 11.3 Å². The molecule has 1 N–H and O–H groups in total. The van der Waals surface area contributed by atoms with Gasteiger partial charge in [0.25, 0.3) is 0 Å². The lowest BCUT2D eigenvalue weighted by Crippen LogP contribution is -2.40. The zero-order chi connectivity index (χ0) is 10.7. The van der Waals surface area contributed by atoms with Crippen molar-refractivity contribution in [1.29, 1.82) is 0 Å². The number of aryl methyl sites for hydroxylation is 1. The van der Waals surface area contributed by atoms with Crippen LogP contribution >= 0.6 is 11.3 Å². The van der Waals surface area contributed by atoms with Gasteiger partial charge in [-0.15, -0.1) is 0 Å². The summed E-state index contributed by atoms with van der Waals surface area (Å²) in [4.78, 5) is 0. The Morgan fingerprint density at radius 1 is 1.27 bits per heavy atom. The highest BCUT2D eigenvalue weighted by molar-refractivity contribution is 7.22. The summed E-state index contributed by atoms with van der Waals surface area (Å²) in [7, 11) is 0. The summed E-state index contributed by atoms with van der Waals surface area (Å²) < 4.78 is 1.00. The third-order valence-corrected chi connectivity index (χ3v) is 3.41. The molecular weight excluding hydrogens is 203 g/mol. The number of rotatable bonds is 3. The van der Waals surface area contributed by atoms with Crippen molar-refractivity contribution < 1.29 is 5.02 Å². The Balaban J connectivity index is 2.29. The van der Waals surface area contributed by atoms with Crippen LogP contribution in [-0.4, -0.2) is 11.9 Å². The van der Waals surface area contributed by atoms with E-state index in [0.29, 0.717) is 0 Å². The molecule has 0 radical (unpaired) electrons. The molecule has 0 aliphatic heterocycles. The summed E-state index contributed by atoms with van der Waals surface area (Å²) in [5.41, 5.74) is 2.25. The summed E-state index contributed by atoms with van der Waals surface area (Å²) >= 11 is 1.59. The summed E-state index contributed by atoms with van der Waals surface area (Å²) in [5.74, 6) is 0. The van der Waals surface area contributed by atoms with E-state index in [0.717, 1.165) is 16.7 Å².